The van der Waals surface area contributed by atoms with Gasteiger partial charge in [0.05, 0.1) is 22.1 Å². The van der Waals surface area contributed by atoms with E-state index in [1.165, 1.54) is 31.9 Å². The lowest BCUT2D eigenvalue weighted by Gasteiger charge is -2.40. The van der Waals surface area contributed by atoms with Gasteiger partial charge in [0, 0.05) is 22.7 Å². The van der Waals surface area contributed by atoms with Crippen molar-refractivity contribution in [3.63, 3.8) is 0 Å². The molecule has 0 radical (unpaired) electrons. The van der Waals surface area contributed by atoms with E-state index in [1.807, 2.05) is 12.3 Å². The predicted molar refractivity (Wildman–Crippen MR) is 210 cm³/mol. The van der Waals surface area contributed by atoms with E-state index in [4.69, 9.17) is 14.7 Å². The van der Waals surface area contributed by atoms with Crippen molar-refractivity contribution in [1.29, 1.82) is 0 Å². The molecular formula is C45H34N4OSi. The third-order valence-electron chi connectivity index (χ3n) is 10.8. The first kappa shape index (κ1) is 29.7. The molecule has 0 saturated heterocycles. The minimum atomic E-state index is -3.08. The number of nitrogens with zero attached hydrogens (tertiary/aromatic N) is 4. The van der Waals surface area contributed by atoms with Crippen LogP contribution in [0.5, 0.6) is 11.5 Å². The summed E-state index contributed by atoms with van der Waals surface area (Å²) in [7, 11) is -3.08. The van der Waals surface area contributed by atoms with Gasteiger partial charge in [-0.3, -0.25) is 8.97 Å². The summed E-state index contributed by atoms with van der Waals surface area (Å²) in [4.78, 5) is 10.3. The molecule has 3 aromatic heterocycles. The third kappa shape index (κ3) is 4.20. The van der Waals surface area contributed by atoms with Crippen LogP contribution in [-0.4, -0.2) is 27.0 Å². The normalized spacial score (nSPS) is 13.6. The average molecular weight is 675 g/mol. The molecule has 0 amide bonds. The first-order valence-corrected chi connectivity index (χ1v) is 19.4. The molecule has 0 N–H and O–H groups in total. The fourth-order valence-electron chi connectivity index (χ4n) is 8.45. The highest BCUT2D eigenvalue weighted by Gasteiger charge is 2.47. The van der Waals surface area contributed by atoms with Crippen LogP contribution < -0.4 is 25.5 Å². The van der Waals surface area contributed by atoms with Crippen molar-refractivity contribution < 1.29 is 4.74 Å². The number of benzene rings is 6. The van der Waals surface area contributed by atoms with Crippen molar-refractivity contribution in [1.82, 2.24) is 18.9 Å². The van der Waals surface area contributed by atoms with Crippen molar-refractivity contribution in [3.8, 4) is 17.3 Å². The summed E-state index contributed by atoms with van der Waals surface area (Å²) in [5.74, 6) is 3.53. The van der Waals surface area contributed by atoms with Gasteiger partial charge in [-0.05, 0) is 63.2 Å². The number of aromatic nitrogens is 4. The van der Waals surface area contributed by atoms with E-state index in [-0.39, 0.29) is 5.41 Å². The molecule has 0 atom stereocenters. The van der Waals surface area contributed by atoms with Crippen LogP contribution in [0.15, 0.2) is 170 Å². The molecule has 244 valence electrons. The van der Waals surface area contributed by atoms with Gasteiger partial charge in [-0.15, -0.1) is 0 Å². The highest BCUT2D eigenvalue weighted by atomic mass is 28.3. The number of imidazole rings is 2. The van der Waals surface area contributed by atoms with Gasteiger partial charge in [0.1, 0.15) is 17.3 Å². The number of pyridine rings is 1. The smallest absolute Gasteiger partial charge is 0.221 e. The zero-order valence-corrected chi connectivity index (χ0v) is 29.4. The van der Waals surface area contributed by atoms with Crippen LogP contribution in [-0.2, 0) is 5.41 Å². The zero-order valence-electron chi connectivity index (χ0n) is 28.4. The maximum atomic E-state index is 7.07. The van der Waals surface area contributed by atoms with Gasteiger partial charge in [-0.2, -0.15) is 0 Å². The molecular weight excluding hydrogens is 641 g/mol. The Morgan fingerprint density at radius 1 is 0.569 bits per heavy atom. The Labute approximate surface area is 297 Å². The van der Waals surface area contributed by atoms with Gasteiger partial charge in [0.15, 0.2) is 8.07 Å². The predicted octanol–water partition coefficient (Wildman–Crippen LogP) is 7.64. The quantitative estimate of drug-likeness (QED) is 0.139. The lowest BCUT2D eigenvalue weighted by atomic mass is 9.76. The maximum absolute atomic E-state index is 7.07. The second kappa shape index (κ2) is 11.1. The molecule has 1 aliphatic heterocycles. The highest BCUT2D eigenvalue weighted by Crippen LogP contribution is 2.47. The number of para-hydroxylation sites is 6. The number of hydrogen-bond acceptors (Lipinski definition) is 3. The van der Waals surface area contributed by atoms with Crippen molar-refractivity contribution in [2.45, 2.75) is 19.3 Å². The van der Waals surface area contributed by atoms with E-state index in [0.717, 1.165) is 45.2 Å². The van der Waals surface area contributed by atoms with Crippen molar-refractivity contribution in [2.75, 3.05) is 0 Å². The molecule has 51 heavy (non-hydrogen) atoms. The highest BCUT2D eigenvalue weighted by molar-refractivity contribution is 7.20. The van der Waals surface area contributed by atoms with E-state index in [9.17, 15) is 0 Å². The first-order chi connectivity index (χ1) is 25.1. The van der Waals surface area contributed by atoms with Gasteiger partial charge < -0.3 is 4.74 Å². The van der Waals surface area contributed by atoms with Gasteiger partial charge >= 0.3 is 0 Å². The molecule has 0 spiro atoms. The van der Waals surface area contributed by atoms with Crippen LogP contribution >= 0.6 is 0 Å². The van der Waals surface area contributed by atoms with Crippen LogP contribution in [0.4, 0.5) is 0 Å². The number of fused-ring (bicyclic) bond motifs is 7. The van der Waals surface area contributed by atoms with E-state index in [1.54, 1.807) is 0 Å². The van der Waals surface area contributed by atoms with Crippen molar-refractivity contribution in [2.24, 2.45) is 0 Å². The van der Waals surface area contributed by atoms with Gasteiger partial charge in [-0.1, -0.05) is 135 Å². The number of rotatable bonds is 5. The largest absolute Gasteiger partial charge is 0.457 e. The summed E-state index contributed by atoms with van der Waals surface area (Å²) in [6.45, 7) is 4.62. The Morgan fingerprint density at radius 2 is 1.20 bits per heavy atom. The molecule has 0 saturated carbocycles. The lowest BCUT2D eigenvalue weighted by Crippen LogP contribution is -2.75. The summed E-state index contributed by atoms with van der Waals surface area (Å²) < 4.78 is 11.5. The summed E-state index contributed by atoms with van der Waals surface area (Å²) in [5.41, 5.74) is 6.32. The SMILES string of the molecule is CC1(C)c2ccccc2Oc2c1cccc2[Si](c1ccccc1)(c1ccccc1)c1ccnc(-n2c3ccccc3n3c4ccccc4nc23)c1. The first-order valence-electron chi connectivity index (χ1n) is 17.4. The molecule has 4 heterocycles. The van der Waals surface area contributed by atoms with Gasteiger partial charge in [0.2, 0.25) is 5.78 Å². The fraction of sp³-hybridized carbons (Fsp3) is 0.0667. The molecule has 0 bridgehead atoms. The van der Waals surface area contributed by atoms with E-state index < -0.39 is 8.07 Å². The lowest BCUT2D eigenvalue weighted by molar-refractivity contribution is 0.421. The Morgan fingerprint density at radius 3 is 1.96 bits per heavy atom. The molecule has 0 unspecified atom stereocenters. The number of ether oxygens (including phenoxy) is 1. The maximum Gasteiger partial charge on any atom is 0.221 e. The molecule has 0 aliphatic carbocycles. The summed E-state index contributed by atoms with van der Waals surface area (Å²) in [6.07, 6.45) is 1.97. The second-order valence-electron chi connectivity index (χ2n) is 13.9. The van der Waals surface area contributed by atoms with Crippen LogP contribution in [0.25, 0.3) is 33.7 Å². The summed E-state index contributed by atoms with van der Waals surface area (Å²) in [5, 5.41) is 4.98. The Bertz CT molecular complexity index is 2730. The van der Waals surface area contributed by atoms with Crippen LogP contribution in [0.1, 0.15) is 25.0 Å². The van der Waals surface area contributed by atoms with Crippen molar-refractivity contribution in [3.05, 3.63) is 181 Å². The van der Waals surface area contributed by atoms with Crippen LogP contribution in [0.2, 0.25) is 0 Å². The van der Waals surface area contributed by atoms with E-state index >= 15 is 0 Å². The molecule has 5 nitrogen and oxygen atoms in total. The van der Waals surface area contributed by atoms with E-state index in [2.05, 4.69) is 181 Å². The second-order valence-corrected chi connectivity index (χ2v) is 17.6. The fourth-order valence-corrected chi connectivity index (χ4v) is 13.3. The van der Waals surface area contributed by atoms with E-state index in [0.29, 0.717) is 0 Å². The summed E-state index contributed by atoms with van der Waals surface area (Å²) >= 11 is 0. The molecule has 0 fully saturated rings. The molecule has 6 aromatic carbocycles. The Balaban J connectivity index is 1.31. The molecule has 9 aromatic rings. The van der Waals surface area contributed by atoms with Crippen LogP contribution in [0.3, 0.4) is 0 Å². The summed E-state index contributed by atoms with van der Waals surface area (Å²) in [6, 6.07) is 58.7. The van der Waals surface area contributed by atoms with Gasteiger partial charge in [0.25, 0.3) is 0 Å². The monoisotopic (exact) mass is 674 g/mol. The Kier molecular flexibility index (Phi) is 6.47. The molecule has 1 aliphatic rings. The number of hydrogen-bond donors (Lipinski definition) is 0. The average Bonchev–Trinajstić information content (AvgIpc) is 3.71. The third-order valence-corrected chi connectivity index (χ3v) is 15.6. The minimum Gasteiger partial charge on any atom is -0.457 e. The van der Waals surface area contributed by atoms with Crippen molar-refractivity contribution >= 4 is 56.7 Å². The zero-order chi connectivity index (χ0) is 34.2. The van der Waals surface area contributed by atoms with Gasteiger partial charge in [-0.25, -0.2) is 9.97 Å². The standard InChI is InChI=1S/C45H34N4OSi/c1-45(2)34-20-9-14-26-40(34)50-43-35(45)21-15-27-41(43)51(31-16-5-3-6-17-31,32-18-7-4-8-19-32)33-28-29-46-42(30-33)49-39-25-13-12-24-38(39)48-37-23-11-10-22-36(37)47-44(48)49/h3-30H,1-2H3. The topological polar surface area (TPSA) is 44.4 Å². The molecule has 10 rings (SSSR count). The Hall–Kier alpha value is -6.24. The minimum absolute atomic E-state index is 0.255. The van der Waals surface area contributed by atoms with Crippen LogP contribution in [0, 0.1) is 0 Å². The molecule has 6 heteroatoms.